The number of benzene rings is 1. The lowest BCUT2D eigenvalue weighted by Gasteiger charge is -2.34. The average molecular weight is 385 g/mol. The normalized spacial score (nSPS) is 17.3. The van der Waals surface area contributed by atoms with Crippen LogP contribution in [0.15, 0.2) is 30.5 Å². The maximum absolute atomic E-state index is 12.5. The first kappa shape index (κ1) is 19.9. The zero-order chi connectivity index (χ0) is 20.5. The van der Waals surface area contributed by atoms with Crippen molar-refractivity contribution in [1.29, 1.82) is 0 Å². The van der Waals surface area contributed by atoms with Crippen molar-refractivity contribution >= 4 is 28.3 Å². The molecular weight excluding hydrogens is 358 g/mol. The molecule has 1 atom stereocenters. The van der Waals surface area contributed by atoms with Gasteiger partial charge in [0, 0.05) is 41.9 Å². The second-order valence-electron chi connectivity index (χ2n) is 8.11. The number of fused-ring (bicyclic) bond motifs is 1. The van der Waals surface area contributed by atoms with Crippen LogP contribution in [-0.2, 0) is 4.74 Å². The number of carbonyl (C=O) groups is 1. The number of nitro benzene ring substituents is 1. The molecule has 150 valence electrons. The molecule has 1 N–H and O–H groups in total. The SMILES string of the molecule is CCN(C(=O)OC(C)(C)C)C1CC=C(c2c[nH]c3cc([N+](=O)[O-])ccc23)CC1. The number of nitrogens with zero attached hydrogens (tertiary/aromatic N) is 2. The zero-order valence-corrected chi connectivity index (χ0v) is 16.8. The van der Waals surface area contributed by atoms with E-state index in [1.807, 2.05) is 33.9 Å². The van der Waals surface area contributed by atoms with Crippen LogP contribution in [0.3, 0.4) is 0 Å². The first-order valence-electron chi connectivity index (χ1n) is 9.64. The van der Waals surface area contributed by atoms with E-state index in [0.29, 0.717) is 6.54 Å². The van der Waals surface area contributed by atoms with Crippen LogP contribution in [-0.4, -0.2) is 39.1 Å². The summed E-state index contributed by atoms with van der Waals surface area (Å²) in [7, 11) is 0. The Labute approximate surface area is 164 Å². The Balaban J connectivity index is 1.77. The highest BCUT2D eigenvalue weighted by Gasteiger charge is 2.29. The minimum atomic E-state index is -0.507. The molecule has 1 aliphatic carbocycles. The van der Waals surface area contributed by atoms with Crippen molar-refractivity contribution in [3.63, 3.8) is 0 Å². The van der Waals surface area contributed by atoms with Gasteiger partial charge in [0.15, 0.2) is 0 Å². The van der Waals surface area contributed by atoms with Crippen LogP contribution in [0, 0.1) is 10.1 Å². The van der Waals surface area contributed by atoms with Gasteiger partial charge < -0.3 is 14.6 Å². The summed E-state index contributed by atoms with van der Waals surface area (Å²) in [5.41, 5.74) is 2.61. The van der Waals surface area contributed by atoms with Gasteiger partial charge in [-0.05, 0) is 58.6 Å². The van der Waals surface area contributed by atoms with Crippen LogP contribution in [0.4, 0.5) is 10.5 Å². The number of ether oxygens (including phenoxy) is 1. The molecule has 0 radical (unpaired) electrons. The maximum atomic E-state index is 12.5. The average Bonchev–Trinajstić information content (AvgIpc) is 3.04. The number of hydrogen-bond donors (Lipinski definition) is 1. The lowest BCUT2D eigenvalue weighted by molar-refractivity contribution is -0.384. The lowest BCUT2D eigenvalue weighted by Crippen LogP contribution is -2.43. The molecule has 1 aliphatic rings. The molecule has 0 fully saturated rings. The fourth-order valence-corrected chi connectivity index (χ4v) is 3.70. The molecule has 3 rings (SSSR count). The number of carbonyl (C=O) groups excluding carboxylic acids is 1. The minimum Gasteiger partial charge on any atom is -0.444 e. The molecule has 1 heterocycles. The van der Waals surface area contributed by atoms with Crippen molar-refractivity contribution in [2.24, 2.45) is 0 Å². The van der Waals surface area contributed by atoms with Gasteiger partial charge in [-0.15, -0.1) is 0 Å². The van der Waals surface area contributed by atoms with Crippen LogP contribution in [0.1, 0.15) is 52.5 Å². The van der Waals surface area contributed by atoms with E-state index in [1.54, 1.807) is 17.0 Å². The molecule has 1 aromatic heterocycles. The van der Waals surface area contributed by atoms with Crippen LogP contribution >= 0.6 is 0 Å². The van der Waals surface area contributed by atoms with Crippen LogP contribution in [0.5, 0.6) is 0 Å². The van der Waals surface area contributed by atoms with E-state index in [9.17, 15) is 14.9 Å². The van der Waals surface area contributed by atoms with Crippen molar-refractivity contribution in [3.8, 4) is 0 Å². The Morgan fingerprint density at radius 3 is 2.71 bits per heavy atom. The first-order valence-corrected chi connectivity index (χ1v) is 9.64. The highest BCUT2D eigenvalue weighted by Crippen LogP contribution is 2.34. The molecule has 0 bridgehead atoms. The van der Waals surface area contributed by atoms with Gasteiger partial charge in [0.1, 0.15) is 5.60 Å². The van der Waals surface area contributed by atoms with Crippen molar-refractivity contribution in [2.75, 3.05) is 6.54 Å². The number of hydrogen-bond acceptors (Lipinski definition) is 4. The Morgan fingerprint density at radius 1 is 1.39 bits per heavy atom. The maximum Gasteiger partial charge on any atom is 0.410 e. The van der Waals surface area contributed by atoms with E-state index in [-0.39, 0.29) is 22.7 Å². The molecule has 1 amide bonds. The standard InChI is InChI=1S/C21H27N3O4/c1-5-23(20(25)28-21(2,3)4)15-8-6-14(7-9-15)18-13-22-19-12-16(24(26)27)10-11-17(18)19/h6,10-13,15,22H,5,7-9H2,1-4H3. The molecule has 1 aromatic carbocycles. The Hall–Kier alpha value is -2.83. The van der Waals surface area contributed by atoms with E-state index >= 15 is 0 Å². The third-order valence-corrected chi connectivity index (χ3v) is 5.01. The lowest BCUT2D eigenvalue weighted by atomic mass is 9.90. The number of nitro groups is 1. The molecule has 28 heavy (non-hydrogen) atoms. The number of aromatic nitrogens is 1. The molecule has 0 aliphatic heterocycles. The van der Waals surface area contributed by atoms with Crippen molar-refractivity contribution < 1.29 is 14.5 Å². The number of amides is 1. The highest BCUT2D eigenvalue weighted by atomic mass is 16.6. The minimum absolute atomic E-state index is 0.0783. The van der Waals surface area contributed by atoms with Gasteiger partial charge in [0.2, 0.25) is 0 Å². The second-order valence-corrected chi connectivity index (χ2v) is 8.11. The summed E-state index contributed by atoms with van der Waals surface area (Å²) in [6, 6.07) is 5.01. The van der Waals surface area contributed by atoms with Crippen molar-refractivity contribution in [2.45, 2.75) is 58.6 Å². The summed E-state index contributed by atoms with van der Waals surface area (Å²) in [4.78, 5) is 28.0. The van der Waals surface area contributed by atoms with Crippen LogP contribution in [0.25, 0.3) is 16.5 Å². The molecule has 1 unspecified atom stereocenters. The fourth-order valence-electron chi connectivity index (χ4n) is 3.70. The summed E-state index contributed by atoms with van der Waals surface area (Å²) in [6.45, 7) is 8.20. The summed E-state index contributed by atoms with van der Waals surface area (Å²) in [6.07, 6.45) is 6.28. The number of non-ortho nitro benzene ring substituents is 1. The Morgan fingerprint density at radius 2 is 2.14 bits per heavy atom. The van der Waals surface area contributed by atoms with E-state index in [2.05, 4.69) is 11.1 Å². The largest absolute Gasteiger partial charge is 0.444 e. The second kappa shape index (κ2) is 7.66. The molecule has 0 spiro atoms. The molecule has 0 saturated heterocycles. The number of rotatable bonds is 4. The van der Waals surface area contributed by atoms with E-state index < -0.39 is 5.60 Å². The number of nitrogens with one attached hydrogen (secondary N) is 1. The monoisotopic (exact) mass is 385 g/mol. The third-order valence-electron chi connectivity index (χ3n) is 5.01. The molecular formula is C21H27N3O4. The molecule has 7 nitrogen and oxygen atoms in total. The smallest absolute Gasteiger partial charge is 0.410 e. The van der Waals surface area contributed by atoms with E-state index in [0.717, 1.165) is 35.7 Å². The topological polar surface area (TPSA) is 88.5 Å². The summed E-state index contributed by atoms with van der Waals surface area (Å²) in [5, 5.41) is 11.9. The molecule has 2 aromatic rings. The third kappa shape index (κ3) is 4.18. The van der Waals surface area contributed by atoms with Gasteiger partial charge in [0.05, 0.1) is 10.4 Å². The predicted molar refractivity (Wildman–Crippen MR) is 109 cm³/mol. The van der Waals surface area contributed by atoms with Crippen molar-refractivity contribution in [3.05, 3.63) is 46.1 Å². The highest BCUT2D eigenvalue weighted by molar-refractivity contribution is 5.93. The van der Waals surface area contributed by atoms with Gasteiger partial charge in [-0.2, -0.15) is 0 Å². The Kier molecular flexibility index (Phi) is 5.45. The van der Waals surface area contributed by atoms with Gasteiger partial charge in [-0.1, -0.05) is 6.08 Å². The summed E-state index contributed by atoms with van der Waals surface area (Å²) >= 11 is 0. The van der Waals surface area contributed by atoms with E-state index in [1.165, 1.54) is 11.6 Å². The summed E-state index contributed by atoms with van der Waals surface area (Å²) in [5.74, 6) is 0. The van der Waals surface area contributed by atoms with Gasteiger partial charge in [0.25, 0.3) is 5.69 Å². The molecule has 7 heteroatoms. The predicted octanol–water partition coefficient (Wildman–Crippen LogP) is 5.27. The fraction of sp³-hybridized carbons (Fsp3) is 0.476. The van der Waals surface area contributed by atoms with Crippen LogP contribution < -0.4 is 0 Å². The Bertz CT molecular complexity index is 923. The number of allylic oxidation sites excluding steroid dienone is 1. The summed E-state index contributed by atoms with van der Waals surface area (Å²) < 4.78 is 5.54. The van der Waals surface area contributed by atoms with Crippen LogP contribution in [0.2, 0.25) is 0 Å². The van der Waals surface area contributed by atoms with Crippen molar-refractivity contribution in [1.82, 2.24) is 9.88 Å². The van der Waals surface area contributed by atoms with E-state index in [4.69, 9.17) is 4.74 Å². The molecule has 0 saturated carbocycles. The number of H-pyrrole nitrogens is 1. The van der Waals surface area contributed by atoms with Gasteiger partial charge in [-0.25, -0.2) is 4.79 Å². The first-order chi connectivity index (χ1) is 13.2. The zero-order valence-electron chi connectivity index (χ0n) is 16.8. The quantitative estimate of drug-likeness (QED) is 0.573. The van der Waals surface area contributed by atoms with Gasteiger partial charge >= 0.3 is 6.09 Å². The number of aromatic amines is 1. The van der Waals surface area contributed by atoms with Gasteiger partial charge in [-0.3, -0.25) is 10.1 Å².